The van der Waals surface area contributed by atoms with E-state index in [2.05, 4.69) is 38.0 Å². The highest BCUT2D eigenvalue weighted by Gasteiger charge is 2.16. The third-order valence-electron chi connectivity index (χ3n) is 4.30. The van der Waals surface area contributed by atoms with Crippen molar-refractivity contribution >= 4 is 38.9 Å². The van der Waals surface area contributed by atoms with Gasteiger partial charge in [0.1, 0.15) is 22.3 Å². The molecule has 0 bridgehead atoms. The first-order valence-corrected chi connectivity index (χ1v) is 9.91. The standard InChI is InChI=1S/C21H22N6S/c1-22-17-10-9-15(11-23-17)24-20-19-16(14-7-5-4-6-8-14)13-28-21(19)26-18(25-20)12-27(2)3/h4-11,13H,12H2,1-3H3,(H,22,23)(H,24,25,26). The molecule has 0 aliphatic carbocycles. The van der Waals surface area contributed by atoms with Gasteiger partial charge in [-0.1, -0.05) is 30.3 Å². The fourth-order valence-electron chi connectivity index (χ4n) is 3.01. The van der Waals surface area contributed by atoms with Crippen molar-refractivity contribution in [1.82, 2.24) is 19.9 Å². The summed E-state index contributed by atoms with van der Waals surface area (Å²) in [5.74, 6) is 2.43. The van der Waals surface area contributed by atoms with Crippen LogP contribution in [0.2, 0.25) is 0 Å². The molecule has 3 aromatic heterocycles. The van der Waals surface area contributed by atoms with Crippen molar-refractivity contribution in [2.45, 2.75) is 6.54 Å². The Morgan fingerprint density at radius 3 is 2.54 bits per heavy atom. The molecule has 0 unspecified atom stereocenters. The number of fused-ring (bicyclic) bond motifs is 1. The molecule has 3 heterocycles. The summed E-state index contributed by atoms with van der Waals surface area (Å²) >= 11 is 1.65. The number of nitrogens with zero attached hydrogens (tertiary/aromatic N) is 4. The van der Waals surface area contributed by atoms with E-state index in [1.54, 1.807) is 17.5 Å². The highest BCUT2D eigenvalue weighted by molar-refractivity contribution is 7.17. The van der Waals surface area contributed by atoms with Crippen LogP contribution in [0.1, 0.15) is 5.82 Å². The van der Waals surface area contributed by atoms with E-state index in [1.807, 2.05) is 51.5 Å². The highest BCUT2D eigenvalue weighted by Crippen LogP contribution is 2.38. The zero-order valence-electron chi connectivity index (χ0n) is 16.1. The average Bonchev–Trinajstić information content (AvgIpc) is 3.13. The monoisotopic (exact) mass is 390 g/mol. The molecule has 7 heteroatoms. The summed E-state index contributed by atoms with van der Waals surface area (Å²) in [4.78, 5) is 17.1. The van der Waals surface area contributed by atoms with Crippen LogP contribution in [0, 0.1) is 0 Å². The number of pyridine rings is 1. The lowest BCUT2D eigenvalue weighted by Gasteiger charge is -2.13. The van der Waals surface area contributed by atoms with Gasteiger partial charge in [-0.15, -0.1) is 11.3 Å². The summed E-state index contributed by atoms with van der Waals surface area (Å²) < 4.78 is 0. The topological polar surface area (TPSA) is 66.0 Å². The normalized spacial score (nSPS) is 11.1. The van der Waals surface area contributed by atoms with Gasteiger partial charge in [-0.2, -0.15) is 0 Å². The van der Waals surface area contributed by atoms with E-state index in [0.29, 0.717) is 6.54 Å². The molecule has 28 heavy (non-hydrogen) atoms. The summed E-state index contributed by atoms with van der Waals surface area (Å²) in [6.45, 7) is 0.681. The number of anilines is 3. The smallest absolute Gasteiger partial charge is 0.146 e. The lowest BCUT2D eigenvalue weighted by Crippen LogP contribution is -2.14. The molecule has 0 atom stereocenters. The van der Waals surface area contributed by atoms with Crippen LogP contribution in [0.25, 0.3) is 21.3 Å². The van der Waals surface area contributed by atoms with Crippen molar-refractivity contribution in [2.75, 3.05) is 31.8 Å². The molecule has 0 saturated carbocycles. The van der Waals surface area contributed by atoms with Gasteiger partial charge in [0.15, 0.2) is 0 Å². The third kappa shape index (κ3) is 3.81. The lowest BCUT2D eigenvalue weighted by molar-refractivity contribution is 0.391. The van der Waals surface area contributed by atoms with Gasteiger partial charge in [-0.25, -0.2) is 15.0 Å². The minimum absolute atomic E-state index is 0.681. The highest BCUT2D eigenvalue weighted by atomic mass is 32.1. The van der Waals surface area contributed by atoms with E-state index in [0.717, 1.165) is 44.5 Å². The van der Waals surface area contributed by atoms with E-state index < -0.39 is 0 Å². The predicted molar refractivity (Wildman–Crippen MR) is 117 cm³/mol. The zero-order chi connectivity index (χ0) is 19.5. The van der Waals surface area contributed by atoms with Gasteiger partial charge in [-0.05, 0) is 31.8 Å². The number of benzene rings is 1. The molecule has 4 aromatic rings. The SMILES string of the molecule is CNc1ccc(Nc2nc(CN(C)C)nc3scc(-c4ccccc4)c23)cn1. The Hall–Kier alpha value is -3.03. The summed E-state index contributed by atoms with van der Waals surface area (Å²) in [6.07, 6.45) is 1.81. The molecule has 0 spiro atoms. The minimum Gasteiger partial charge on any atom is -0.373 e. The number of aromatic nitrogens is 3. The Bertz CT molecular complexity index is 1070. The van der Waals surface area contributed by atoms with Crippen molar-refractivity contribution in [3.63, 3.8) is 0 Å². The van der Waals surface area contributed by atoms with Gasteiger partial charge in [0.2, 0.25) is 0 Å². The molecule has 0 radical (unpaired) electrons. The van der Waals surface area contributed by atoms with Crippen molar-refractivity contribution < 1.29 is 0 Å². The van der Waals surface area contributed by atoms with Crippen LogP contribution >= 0.6 is 11.3 Å². The van der Waals surface area contributed by atoms with E-state index in [9.17, 15) is 0 Å². The number of thiophene rings is 1. The quantitative estimate of drug-likeness (QED) is 0.502. The number of rotatable bonds is 6. The summed E-state index contributed by atoms with van der Waals surface area (Å²) in [5.41, 5.74) is 3.18. The third-order valence-corrected chi connectivity index (χ3v) is 5.18. The fourth-order valence-corrected chi connectivity index (χ4v) is 3.98. The average molecular weight is 391 g/mol. The first kappa shape index (κ1) is 18.3. The van der Waals surface area contributed by atoms with Crippen LogP contribution in [0.15, 0.2) is 54.0 Å². The van der Waals surface area contributed by atoms with Crippen LogP contribution in [0.3, 0.4) is 0 Å². The second-order valence-corrected chi connectivity index (χ2v) is 7.59. The molecular weight excluding hydrogens is 368 g/mol. The fraction of sp³-hybridized carbons (Fsp3) is 0.190. The van der Waals surface area contributed by atoms with E-state index in [-0.39, 0.29) is 0 Å². The zero-order valence-corrected chi connectivity index (χ0v) is 16.9. The Kier molecular flexibility index (Phi) is 5.18. The van der Waals surface area contributed by atoms with Crippen LogP contribution < -0.4 is 10.6 Å². The van der Waals surface area contributed by atoms with E-state index >= 15 is 0 Å². The van der Waals surface area contributed by atoms with Crippen molar-refractivity contribution in [3.05, 3.63) is 59.9 Å². The van der Waals surface area contributed by atoms with Gasteiger partial charge < -0.3 is 15.5 Å². The van der Waals surface area contributed by atoms with Crippen molar-refractivity contribution in [3.8, 4) is 11.1 Å². The van der Waals surface area contributed by atoms with Crippen LogP contribution in [-0.4, -0.2) is 41.0 Å². The molecular formula is C21H22N6S. The van der Waals surface area contributed by atoms with Crippen molar-refractivity contribution in [1.29, 1.82) is 0 Å². The Labute approximate surface area is 168 Å². The molecule has 142 valence electrons. The number of nitrogens with one attached hydrogen (secondary N) is 2. The van der Waals surface area contributed by atoms with Gasteiger partial charge in [0, 0.05) is 18.0 Å². The van der Waals surface area contributed by atoms with Crippen LogP contribution in [0.5, 0.6) is 0 Å². The van der Waals surface area contributed by atoms with Crippen LogP contribution in [-0.2, 0) is 6.54 Å². The molecule has 0 fully saturated rings. The summed E-state index contributed by atoms with van der Waals surface area (Å²) in [6, 6.07) is 14.3. The van der Waals surface area contributed by atoms with E-state index in [4.69, 9.17) is 9.97 Å². The molecule has 4 rings (SSSR count). The maximum Gasteiger partial charge on any atom is 0.146 e. The Balaban J connectivity index is 1.83. The van der Waals surface area contributed by atoms with Gasteiger partial charge in [-0.3, -0.25) is 0 Å². The molecule has 2 N–H and O–H groups in total. The minimum atomic E-state index is 0.681. The molecule has 0 aliphatic rings. The first-order valence-electron chi connectivity index (χ1n) is 9.03. The summed E-state index contributed by atoms with van der Waals surface area (Å²) in [7, 11) is 5.89. The number of hydrogen-bond donors (Lipinski definition) is 2. The molecule has 0 amide bonds. The molecule has 0 saturated heterocycles. The predicted octanol–water partition coefficient (Wildman–Crippen LogP) is 4.60. The second kappa shape index (κ2) is 7.92. The molecule has 6 nitrogen and oxygen atoms in total. The van der Waals surface area contributed by atoms with Gasteiger partial charge in [0.25, 0.3) is 0 Å². The Morgan fingerprint density at radius 2 is 1.86 bits per heavy atom. The largest absolute Gasteiger partial charge is 0.373 e. The maximum atomic E-state index is 4.84. The number of hydrogen-bond acceptors (Lipinski definition) is 7. The Morgan fingerprint density at radius 1 is 1.04 bits per heavy atom. The van der Waals surface area contributed by atoms with Gasteiger partial charge in [0.05, 0.1) is 23.8 Å². The van der Waals surface area contributed by atoms with Crippen molar-refractivity contribution in [2.24, 2.45) is 0 Å². The van der Waals surface area contributed by atoms with E-state index in [1.165, 1.54) is 0 Å². The van der Waals surface area contributed by atoms with Crippen LogP contribution in [0.4, 0.5) is 17.3 Å². The maximum absolute atomic E-state index is 4.84. The first-order chi connectivity index (χ1) is 13.6. The molecule has 1 aromatic carbocycles. The summed E-state index contributed by atoms with van der Waals surface area (Å²) in [5, 5.41) is 9.68. The lowest BCUT2D eigenvalue weighted by atomic mass is 10.1. The molecule has 0 aliphatic heterocycles. The van der Waals surface area contributed by atoms with Gasteiger partial charge >= 0.3 is 0 Å². The second-order valence-electron chi connectivity index (χ2n) is 6.73.